The number of nitrogens with one attached hydrogen (secondary N) is 1. The normalized spacial score (nSPS) is 16.5. The van der Waals surface area contributed by atoms with E-state index in [-0.39, 0.29) is 5.54 Å². The molecular formula is C14H20FNO. The molecule has 0 saturated heterocycles. The molecule has 1 aliphatic rings. The quantitative estimate of drug-likeness (QED) is 0.872. The lowest BCUT2D eigenvalue weighted by Crippen LogP contribution is -2.37. The summed E-state index contributed by atoms with van der Waals surface area (Å²) in [5.41, 5.74) is 1.82. The van der Waals surface area contributed by atoms with Crippen LogP contribution in [0.3, 0.4) is 0 Å². The third-order valence-electron chi connectivity index (χ3n) is 2.89. The van der Waals surface area contributed by atoms with Gasteiger partial charge in [0.15, 0.2) is 0 Å². The fourth-order valence-corrected chi connectivity index (χ4v) is 1.91. The second kappa shape index (κ2) is 4.65. The predicted molar refractivity (Wildman–Crippen MR) is 67.2 cm³/mol. The molecule has 0 amide bonds. The fraction of sp³-hybridized carbons (Fsp3) is 0.571. The van der Waals surface area contributed by atoms with E-state index < -0.39 is 6.17 Å². The molecular weight excluding hydrogens is 217 g/mol. The minimum atomic E-state index is -0.958. The number of halogens is 1. The maximum Gasteiger partial charge on any atom is 0.138 e. The van der Waals surface area contributed by atoms with Crippen LogP contribution in [0, 0.1) is 0 Å². The molecule has 1 unspecified atom stereocenters. The van der Waals surface area contributed by atoms with Gasteiger partial charge in [-0.25, -0.2) is 4.39 Å². The van der Waals surface area contributed by atoms with Gasteiger partial charge in [-0.3, -0.25) is 0 Å². The van der Waals surface area contributed by atoms with E-state index in [0.717, 1.165) is 29.9 Å². The van der Waals surface area contributed by atoms with Gasteiger partial charge in [-0.05, 0) is 44.0 Å². The van der Waals surface area contributed by atoms with Crippen LogP contribution in [0.15, 0.2) is 18.2 Å². The zero-order chi connectivity index (χ0) is 12.5. The Morgan fingerprint density at radius 1 is 1.41 bits per heavy atom. The first-order chi connectivity index (χ1) is 7.96. The molecule has 1 aromatic rings. The smallest absolute Gasteiger partial charge is 0.138 e. The number of rotatable bonds is 3. The van der Waals surface area contributed by atoms with Crippen molar-refractivity contribution in [3.63, 3.8) is 0 Å². The number of fused-ring (bicyclic) bond motifs is 1. The fourth-order valence-electron chi connectivity index (χ4n) is 1.91. The first kappa shape index (κ1) is 12.4. The van der Waals surface area contributed by atoms with E-state index in [1.807, 2.05) is 39.0 Å². The molecule has 17 heavy (non-hydrogen) atoms. The van der Waals surface area contributed by atoms with Crippen molar-refractivity contribution < 1.29 is 9.13 Å². The van der Waals surface area contributed by atoms with Gasteiger partial charge in [0.2, 0.25) is 0 Å². The third-order valence-corrected chi connectivity index (χ3v) is 2.89. The van der Waals surface area contributed by atoms with E-state index in [1.165, 1.54) is 0 Å². The summed E-state index contributed by atoms with van der Waals surface area (Å²) in [5, 5.41) is 3.18. The minimum absolute atomic E-state index is 0.0514. The van der Waals surface area contributed by atoms with Gasteiger partial charge in [-0.1, -0.05) is 6.07 Å². The molecule has 1 N–H and O–H groups in total. The Morgan fingerprint density at radius 3 is 2.88 bits per heavy atom. The lowest BCUT2D eigenvalue weighted by molar-refractivity contribution is 0.291. The zero-order valence-corrected chi connectivity index (χ0v) is 10.7. The summed E-state index contributed by atoms with van der Waals surface area (Å²) in [6.07, 6.45) is -0.0668. The molecule has 0 aromatic heterocycles. The molecule has 1 atom stereocenters. The molecule has 1 aromatic carbocycles. The van der Waals surface area contributed by atoms with Crippen LogP contribution in [0.25, 0.3) is 0 Å². The van der Waals surface area contributed by atoms with Crippen molar-refractivity contribution in [1.82, 2.24) is 5.32 Å². The van der Waals surface area contributed by atoms with Crippen LogP contribution in [-0.4, -0.2) is 18.7 Å². The van der Waals surface area contributed by atoms with E-state index in [1.54, 1.807) is 0 Å². The van der Waals surface area contributed by atoms with E-state index >= 15 is 0 Å². The van der Waals surface area contributed by atoms with Crippen LogP contribution in [0.5, 0.6) is 5.75 Å². The maximum atomic E-state index is 14.0. The van der Waals surface area contributed by atoms with Crippen molar-refractivity contribution in [3.05, 3.63) is 29.3 Å². The molecule has 0 fully saturated rings. The van der Waals surface area contributed by atoms with Gasteiger partial charge in [0.1, 0.15) is 11.9 Å². The molecule has 0 radical (unpaired) electrons. The largest absolute Gasteiger partial charge is 0.493 e. The molecule has 1 heterocycles. The van der Waals surface area contributed by atoms with E-state index in [0.29, 0.717) is 6.54 Å². The molecule has 2 nitrogen and oxygen atoms in total. The Bertz CT molecular complexity index is 398. The highest BCUT2D eigenvalue weighted by atomic mass is 19.1. The monoisotopic (exact) mass is 237 g/mol. The highest BCUT2D eigenvalue weighted by molar-refractivity contribution is 5.40. The van der Waals surface area contributed by atoms with Crippen LogP contribution in [0.1, 0.15) is 38.1 Å². The highest BCUT2D eigenvalue weighted by Gasteiger charge is 2.18. The molecule has 0 spiro atoms. The average molecular weight is 237 g/mol. The summed E-state index contributed by atoms with van der Waals surface area (Å²) < 4.78 is 19.4. The van der Waals surface area contributed by atoms with Crippen molar-refractivity contribution in [2.75, 3.05) is 13.2 Å². The standard InChI is InChI=1S/C14H20FNO/c1-14(2,3)16-9-12(15)10-4-5-13-11(8-10)6-7-17-13/h4-5,8,12,16H,6-7,9H2,1-3H3. The Labute approximate surface area is 102 Å². The number of ether oxygens (including phenoxy) is 1. The van der Waals surface area contributed by atoms with Gasteiger partial charge in [-0.15, -0.1) is 0 Å². The molecule has 0 bridgehead atoms. The Balaban J connectivity index is 2.02. The van der Waals surface area contributed by atoms with Gasteiger partial charge in [0, 0.05) is 18.5 Å². The van der Waals surface area contributed by atoms with Crippen LogP contribution in [0.4, 0.5) is 4.39 Å². The van der Waals surface area contributed by atoms with Gasteiger partial charge in [-0.2, -0.15) is 0 Å². The third kappa shape index (κ3) is 3.19. The topological polar surface area (TPSA) is 21.3 Å². The van der Waals surface area contributed by atoms with Crippen molar-refractivity contribution >= 4 is 0 Å². The molecule has 2 rings (SSSR count). The second-order valence-corrected chi connectivity index (χ2v) is 5.56. The maximum absolute atomic E-state index is 14.0. The number of alkyl halides is 1. The van der Waals surface area contributed by atoms with Crippen molar-refractivity contribution in [2.45, 2.75) is 38.9 Å². The lowest BCUT2D eigenvalue weighted by atomic mass is 10.0. The number of hydrogen-bond acceptors (Lipinski definition) is 2. The summed E-state index contributed by atoms with van der Waals surface area (Å²) >= 11 is 0. The number of hydrogen-bond donors (Lipinski definition) is 1. The van der Waals surface area contributed by atoms with Gasteiger partial charge >= 0.3 is 0 Å². The van der Waals surface area contributed by atoms with Crippen molar-refractivity contribution in [3.8, 4) is 5.75 Å². The molecule has 1 aliphatic heterocycles. The highest BCUT2D eigenvalue weighted by Crippen LogP contribution is 2.29. The Kier molecular flexibility index (Phi) is 3.38. The van der Waals surface area contributed by atoms with Crippen molar-refractivity contribution in [2.24, 2.45) is 0 Å². The van der Waals surface area contributed by atoms with Gasteiger partial charge < -0.3 is 10.1 Å². The average Bonchev–Trinajstić information content (AvgIpc) is 2.71. The summed E-state index contributed by atoms with van der Waals surface area (Å²) in [5.74, 6) is 0.907. The zero-order valence-electron chi connectivity index (χ0n) is 10.7. The van der Waals surface area contributed by atoms with Crippen LogP contribution in [0.2, 0.25) is 0 Å². The van der Waals surface area contributed by atoms with E-state index in [2.05, 4.69) is 5.32 Å². The minimum Gasteiger partial charge on any atom is -0.493 e. The van der Waals surface area contributed by atoms with Crippen molar-refractivity contribution in [1.29, 1.82) is 0 Å². The molecule has 0 saturated carbocycles. The lowest BCUT2D eigenvalue weighted by Gasteiger charge is -2.22. The molecule has 0 aliphatic carbocycles. The Hall–Kier alpha value is -1.09. The van der Waals surface area contributed by atoms with E-state index in [9.17, 15) is 4.39 Å². The summed E-state index contributed by atoms with van der Waals surface area (Å²) in [4.78, 5) is 0. The van der Waals surface area contributed by atoms with E-state index in [4.69, 9.17) is 4.74 Å². The number of benzene rings is 1. The summed E-state index contributed by atoms with van der Waals surface area (Å²) in [6, 6.07) is 5.62. The summed E-state index contributed by atoms with van der Waals surface area (Å²) in [7, 11) is 0. The first-order valence-electron chi connectivity index (χ1n) is 6.10. The Morgan fingerprint density at radius 2 is 2.18 bits per heavy atom. The first-order valence-corrected chi connectivity index (χ1v) is 6.10. The predicted octanol–water partition coefficient (Wildman–Crippen LogP) is 3.02. The van der Waals surface area contributed by atoms with Crippen LogP contribution in [-0.2, 0) is 6.42 Å². The van der Waals surface area contributed by atoms with Crippen LogP contribution < -0.4 is 10.1 Å². The van der Waals surface area contributed by atoms with Gasteiger partial charge in [0.25, 0.3) is 0 Å². The van der Waals surface area contributed by atoms with Gasteiger partial charge in [0.05, 0.1) is 6.61 Å². The SMILES string of the molecule is CC(C)(C)NCC(F)c1ccc2c(c1)CCO2. The molecule has 3 heteroatoms. The summed E-state index contributed by atoms with van der Waals surface area (Å²) in [6.45, 7) is 7.18. The van der Waals surface area contributed by atoms with Crippen LogP contribution >= 0.6 is 0 Å². The second-order valence-electron chi connectivity index (χ2n) is 5.56. The molecule has 94 valence electrons.